The van der Waals surface area contributed by atoms with E-state index in [-0.39, 0.29) is 17.2 Å². The van der Waals surface area contributed by atoms with Gasteiger partial charge in [-0.3, -0.25) is 0 Å². The Morgan fingerprint density at radius 1 is 1.56 bits per heavy atom. The smallest absolute Gasteiger partial charge is 0.356 e. The molecule has 1 rings (SSSR count). The number of rotatable bonds is 4. The molecule has 0 saturated carbocycles. The summed E-state index contributed by atoms with van der Waals surface area (Å²) in [6.45, 7) is 6.85. The normalized spacial score (nSPS) is 12.9. The van der Waals surface area contributed by atoms with Crippen molar-refractivity contribution >= 4 is 11.7 Å². The zero-order chi connectivity index (χ0) is 13.8. The third-order valence-electron chi connectivity index (χ3n) is 2.78. The number of esters is 1. The SMILES string of the molecule is COC(=O)c1cc(NC(CN)C(C)(C)C)ccn1. The van der Waals surface area contributed by atoms with Crippen molar-refractivity contribution in [2.24, 2.45) is 11.1 Å². The highest BCUT2D eigenvalue weighted by atomic mass is 16.5. The molecule has 1 unspecified atom stereocenters. The lowest BCUT2D eigenvalue weighted by Gasteiger charge is -2.31. The Balaban J connectivity index is 2.87. The number of hydrogen-bond acceptors (Lipinski definition) is 5. The van der Waals surface area contributed by atoms with E-state index >= 15 is 0 Å². The van der Waals surface area contributed by atoms with Gasteiger partial charge in [0.15, 0.2) is 0 Å². The molecule has 0 bridgehead atoms. The molecule has 5 nitrogen and oxygen atoms in total. The van der Waals surface area contributed by atoms with Crippen LogP contribution in [0.1, 0.15) is 31.3 Å². The Labute approximate surface area is 108 Å². The van der Waals surface area contributed by atoms with Crippen LogP contribution in [0, 0.1) is 5.41 Å². The van der Waals surface area contributed by atoms with Crippen molar-refractivity contribution in [3.05, 3.63) is 24.0 Å². The van der Waals surface area contributed by atoms with Crippen LogP contribution in [0.4, 0.5) is 5.69 Å². The number of carbonyl (C=O) groups is 1. The van der Waals surface area contributed by atoms with Gasteiger partial charge < -0.3 is 15.8 Å². The molecule has 1 atom stereocenters. The van der Waals surface area contributed by atoms with Crippen molar-refractivity contribution in [1.29, 1.82) is 0 Å². The number of carbonyl (C=O) groups excluding carboxylic acids is 1. The maximum absolute atomic E-state index is 11.4. The molecule has 0 saturated heterocycles. The molecule has 0 amide bonds. The Morgan fingerprint density at radius 2 is 2.22 bits per heavy atom. The molecule has 1 aromatic rings. The van der Waals surface area contributed by atoms with Crippen molar-refractivity contribution in [3.63, 3.8) is 0 Å². The Morgan fingerprint density at radius 3 is 2.72 bits per heavy atom. The lowest BCUT2D eigenvalue weighted by Crippen LogP contribution is -2.40. The quantitative estimate of drug-likeness (QED) is 0.796. The Hall–Kier alpha value is -1.62. The molecular formula is C13H21N3O2. The van der Waals surface area contributed by atoms with Gasteiger partial charge in [0.2, 0.25) is 0 Å². The van der Waals surface area contributed by atoms with Gasteiger partial charge in [0, 0.05) is 24.5 Å². The van der Waals surface area contributed by atoms with Crippen molar-refractivity contribution in [2.45, 2.75) is 26.8 Å². The number of hydrogen-bond donors (Lipinski definition) is 2. The number of anilines is 1. The van der Waals surface area contributed by atoms with E-state index in [2.05, 4.69) is 35.8 Å². The monoisotopic (exact) mass is 251 g/mol. The molecule has 3 N–H and O–H groups in total. The molecule has 5 heteroatoms. The average molecular weight is 251 g/mol. The molecule has 1 aromatic heterocycles. The minimum atomic E-state index is -0.446. The fourth-order valence-electron chi connectivity index (χ4n) is 1.57. The highest BCUT2D eigenvalue weighted by Gasteiger charge is 2.23. The third-order valence-corrected chi connectivity index (χ3v) is 2.78. The fraction of sp³-hybridized carbons (Fsp3) is 0.538. The summed E-state index contributed by atoms with van der Waals surface area (Å²) in [6.07, 6.45) is 1.57. The lowest BCUT2D eigenvalue weighted by atomic mass is 9.86. The number of pyridine rings is 1. The van der Waals surface area contributed by atoms with Crippen LogP contribution in [0.15, 0.2) is 18.3 Å². The lowest BCUT2D eigenvalue weighted by molar-refractivity contribution is 0.0594. The van der Waals surface area contributed by atoms with Crippen molar-refractivity contribution in [3.8, 4) is 0 Å². The first kappa shape index (κ1) is 14.4. The summed E-state index contributed by atoms with van der Waals surface area (Å²) in [4.78, 5) is 15.3. The minimum absolute atomic E-state index is 0.0312. The van der Waals surface area contributed by atoms with Gasteiger partial charge in [-0.25, -0.2) is 9.78 Å². The molecule has 0 aliphatic carbocycles. The zero-order valence-electron chi connectivity index (χ0n) is 11.4. The van der Waals surface area contributed by atoms with E-state index < -0.39 is 5.97 Å². The molecule has 1 heterocycles. The molecule has 0 aliphatic heterocycles. The summed E-state index contributed by atoms with van der Waals surface area (Å²) in [6, 6.07) is 3.59. The van der Waals surface area contributed by atoms with E-state index in [1.165, 1.54) is 7.11 Å². The highest BCUT2D eigenvalue weighted by molar-refractivity contribution is 5.88. The van der Waals surface area contributed by atoms with Crippen molar-refractivity contribution in [1.82, 2.24) is 4.98 Å². The second kappa shape index (κ2) is 5.82. The zero-order valence-corrected chi connectivity index (χ0v) is 11.4. The van der Waals surface area contributed by atoms with Gasteiger partial charge in [0.1, 0.15) is 5.69 Å². The molecular weight excluding hydrogens is 230 g/mol. The topological polar surface area (TPSA) is 77.2 Å². The fourth-order valence-corrected chi connectivity index (χ4v) is 1.57. The second-order valence-corrected chi connectivity index (χ2v) is 5.22. The predicted molar refractivity (Wildman–Crippen MR) is 71.5 cm³/mol. The molecule has 0 aromatic carbocycles. The molecule has 18 heavy (non-hydrogen) atoms. The minimum Gasteiger partial charge on any atom is -0.464 e. The summed E-state index contributed by atoms with van der Waals surface area (Å²) in [5.41, 5.74) is 6.89. The van der Waals surface area contributed by atoms with Gasteiger partial charge in [0.05, 0.1) is 7.11 Å². The number of methoxy groups -OCH3 is 1. The summed E-state index contributed by atoms with van der Waals surface area (Å²) in [5, 5.41) is 3.32. The standard InChI is InChI=1S/C13H21N3O2/c1-13(2,3)11(8-14)16-9-5-6-15-10(7-9)12(17)18-4/h5-7,11H,8,14H2,1-4H3,(H,15,16). The summed E-state index contributed by atoms with van der Waals surface area (Å²) in [5.74, 6) is -0.446. The third kappa shape index (κ3) is 3.70. The van der Waals surface area contributed by atoms with Crippen LogP contribution in [0.2, 0.25) is 0 Å². The van der Waals surface area contributed by atoms with E-state index in [1.807, 2.05) is 0 Å². The number of aromatic nitrogens is 1. The van der Waals surface area contributed by atoms with E-state index in [9.17, 15) is 4.79 Å². The van der Waals surface area contributed by atoms with Crippen LogP contribution in [-0.2, 0) is 4.74 Å². The van der Waals surface area contributed by atoms with Crippen LogP contribution < -0.4 is 11.1 Å². The summed E-state index contributed by atoms with van der Waals surface area (Å²) < 4.78 is 4.64. The van der Waals surface area contributed by atoms with Gasteiger partial charge in [-0.15, -0.1) is 0 Å². The first-order valence-electron chi connectivity index (χ1n) is 5.89. The summed E-state index contributed by atoms with van der Waals surface area (Å²) in [7, 11) is 1.34. The van der Waals surface area contributed by atoms with E-state index in [1.54, 1.807) is 18.3 Å². The van der Waals surface area contributed by atoms with Gasteiger partial charge in [-0.1, -0.05) is 20.8 Å². The van der Waals surface area contributed by atoms with Crippen molar-refractivity contribution < 1.29 is 9.53 Å². The maximum Gasteiger partial charge on any atom is 0.356 e. The van der Waals surface area contributed by atoms with Crippen LogP contribution in [-0.4, -0.2) is 30.6 Å². The maximum atomic E-state index is 11.4. The second-order valence-electron chi connectivity index (χ2n) is 5.22. The average Bonchev–Trinajstić information content (AvgIpc) is 2.33. The van der Waals surface area contributed by atoms with Crippen LogP contribution in [0.25, 0.3) is 0 Å². The highest BCUT2D eigenvalue weighted by Crippen LogP contribution is 2.22. The van der Waals surface area contributed by atoms with E-state index in [4.69, 9.17) is 5.73 Å². The van der Waals surface area contributed by atoms with Crippen LogP contribution in [0.5, 0.6) is 0 Å². The number of nitrogens with zero attached hydrogens (tertiary/aromatic N) is 1. The first-order chi connectivity index (χ1) is 8.38. The van der Waals surface area contributed by atoms with Crippen LogP contribution in [0.3, 0.4) is 0 Å². The predicted octanol–water partition coefficient (Wildman–Crippen LogP) is 1.65. The Bertz CT molecular complexity index is 413. The van der Waals surface area contributed by atoms with Crippen molar-refractivity contribution in [2.75, 3.05) is 19.0 Å². The van der Waals surface area contributed by atoms with Gasteiger partial charge >= 0.3 is 5.97 Å². The number of ether oxygens (including phenoxy) is 1. The van der Waals surface area contributed by atoms with Gasteiger partial charge in [-0.05, 0) is 17.5 Å². The van der Waals surface area contributed by atoms with E-state index in [0.29, 0.717) is 6.54 Å². The van der Waals surface area contributed by atoms with Gasteiger partial charge in [-0.2, -0.15) is 0 Å². The molecule has 0 spiro atoms. The van der Waals surface area contributed by atoms with Gasteiger partial charge in [0.25, 0.3) is 0 Å². The Kier molecular flexibility index (Phi) is 4.67. The molecule has 100 valence electrons. The molecule has 0 aliphatic rings. The molecule has 0 fully saturated rings. The van der Waals surface area contributed by atoms with E-state index in [0.717, 1.165) is 5.69 Å². The number of nitrogens with one attached hydrogen (secondary N) is 1. The largest absolute Gasteiger partial charge is 0.464 e. The first-order valence-corrected chi connectivity index (χ1v) is 5.89. The summed E-state index contributed by atoms with van der Waals surface area (Å²) >= 11 is 0. The molecule has 0 radical (unpaired) electrons. The van der Waals surface area contributed by atoms with Crippen LogP contribution >= 0.6 is 0 Å². The number of nitrogens with two attached hydrogens (primary N) is 1.